The monoisotopic (exact) mass is 432 g/mol. The van der Waals surface area contributed by atoms with E-state index in [1.165, 1.54) is 20.9 Å². The third-order valence-electron chi connectivity index (χ3n) is 5.11. The second-order valence-corrected chi connectivity index (χ2v) is 9.54. The summed E-state index contributed by atoms with van der Waals surface area (Å²) in [6.45, 7) is 5.37. The second-order valence-electron chi connectivity index (χ2n) is 7.27. The molecule has 0 radical (unpaired) electrons. The summed E-state index contributed by atoms with van der Waals surface area (Å²) in [5.74, 6) is 2.13. The van der Waals surface area contributed by atoms with E-state index >= 15 is 0 Å². The molecule has 0 aromatic heterocycles. The number of aliphatic hydroxyl groups is 2. The molecule has 0 amide bonds. The number of fused-ring (bicyclic) bond motifs is 2. The van der Waals surface area contributed by atoms with E-state index in [0.29, 0.717) is 13.1 Å². The molecule has 0 unspecified atom stereocenters. The highest BCUT2D eigenvalue weighted by molar-refractivity contribution is 8.03. The Morgan fingerprint density at radius 3 is 1.59 bits per heavy atom. The fourth-order valence-corrected chi connectivity index (χ4v) is 5.77. The van der Waals surface area contributed by atoms with Crippen LogP contribution in [-0.4, -0.2) is 70.9 Å². The molecule has 0 fully saturated rings. The van der Waals surface area contributed by atoms with Gasteiger partial charge in [0.1, 0.15) is 0 Å². The standard InChI is InChI=1S/C23H32N2O2S2/c26-14-12-24-10-5-11-25(13-15-27)19-21-7-2-4-9-23(21)29-17-16-28-22-8-3-1-6-20(22)18-24/h1-4,6-9,26-27H,5,10-19H2. The summed E-state index contributed by atoms with van der Waals surface area (Å²) < 4.78 is 0. The Morgan fingerprint density at radius 2 is 1.14 bits per heavy atom. The highest BCUT2D eigenvalue weighted by Crippen LogP contribution is 2.29. The average molecular weight is 433 g/mol. The van der Waals surface area contributed by atoms with E-state index in [9.17, 15) is 10.2 Å². The van der Waals surface area contributed by atoms with Gasteiger partial charge in [-0.25, -0.2) is 0 Å². The lowest BCUT2D eigenvalue weighted by Gasteiger charge is -2.26. The van der Waals surface area contributed by atoms with Crippen molar-refractivity contribution in [1.82, 2.24) is 9.80 Å². The summed E-state index contributed by atoms with van der Waals surface area (Å²) in [5, 5.41) is 19.1. The van der Waals surface area contributed by atoms with Gasteiger partial charge in [-0.2, -0.15) is 0 Å². The van der Waals surface area contributed by atoms with E-state index in [1.807, 2.05) is 23.5 Å². The molecule has 1 heterocycles. The molecular weight excluding hydrogens is 400 g/mol. The van der Waals surface area contributed by atoms with Crippen molar-refractivity contribution in [3.8, 4) is 0 Å². The van der Waals surface area contributed by atoms with Gasteiger partial charge in [0.25, 0.3) is 0 Å². The third kappa shape index (κ3) is 7.31. The van der Waals surface area contributed by atoms with Gasteiger partial charge in [0.15, 0.2) is 0 Å². The Kier molecular flexibility index (Phi) is 9.86. The van der Waals surface area contributed by atoms with Crippen molar-refractivity contribution in [3.63, 3.8) is 0 Å². The van der Waals surface area contributed by atoms with Gasteiger partial charge in [-0.1, -0.05) is 36.4 Å². The van der Waals surface area contributed by atoms with Gasteiger partial charge in [0.2, 0.25) is 0 Å². The quantitative estimate of drug-likeness (QED) is 0.770. The SMILES string of the molecule is OCCN1CCCN(CCO)Cc2ccccc2SCCSc2ccccc2C1. The minimum atomic E-state index is 0.180. The summed E-state index contributed by atoms with van der Waals surface area (Å²) in [7, 11) is 0. The first-order chi connectivity index (χ1) is 14.3. The smallest absolute Gasteiger partial charge is 0.0558 e. The maximum Gasteiger partial charge on any atom is 0.0558 e. The molecule has 29 heavy (non-hydrogen) atoms. The van der Waals surface area contributed by atoms with Crippen LogP contribution in [-0.2, 0) is 13.1 Å². The van der Waals surface area contributed by atoms with Gasteiger partial charge < -0.3 is 10.2 Å². The summed E-state index contributed by atoms with van der Waals surface area (Å²) in [6.07, 6.45) is 1.02. The first-order valence-corrected chi connectivity index (χ1v) is 12.3. The lowest BCUT2D eigenvalue weighted by atomic mass is 10.2. The zero-order valence-corrected chi connectivity index (χ0v) is 18.6. The largest absolute Gasteiger partial charge is 0.395 e. The second kappa shape index (κ2) is 12.6. The van der Waals surface area contributed by atoms with Gasteiger partial charge in [0, 0.05) is 47.5 Å². The van der Waals surface area contributed by atoms with Crippen LogP contribution in [0.15, 0.2) is 58.3 Å². The van der Waals surface area contributed by atoms with Crippen molar-refractivity contribution in [2.45, 2.75) is 29.3 Å². The fourth-order valence-electron chi connectivity index (χ4n) is 3.68. The molecule has 0 saturated carbocycles. The molecular formula is C23H32N2O2S2. The Morgan fingerprint density at radius 1 is 0.690 bits per heavy atom. The molecule has 158 valence electrons. The Balaban J connectivity index is 1.79. The van der Waals surface area contributed by atoms with E-state index < -0.39 is 0 Å². The number of hydrogen-bond donors (Lipinski definition) is 2. The molecule has 3 rings (SSSR count). The van der Waals surface area contributed by atoms with Crippen molar-refractivity contribution >= 4 is 23.5 Å². The molecule has 6 heteroatoms. The number of β-amino-alcohol motifs (C(OH)–C–C–N with tert-alkyl or cyclic N) is 2. The number of hydrogen-bond acceptors (Lipinski definition) is 6. The normalized spacial score (nSPS) is 17.7. The maximum absolute atomic E-state index is 9.53. The van der Waals surface area contributed by atoms with Gasteiger partial charge in [0.05, 0.1) is 13.2 Å². The van der Waals surface area contributed by atoms with Crippen LogP contribution in [0.25, 0.3) is 0 Å². The zero-order chi connectivity index (χ0) is 20.3. The zero-order valence-electron chi connectivity index (χ0n) is 17.0. The molecule has 2 aromatic carbocycles. The third-order valence-corrected chi connectivity index (χ3v) is 7.61. The summed E-state index contributed by atoms with van der Waals surface area (Å²) in [5.41, 5.74) is 2.69. The van der Waals surface area contributed by atoms with Crippen molar-refractivity contribution in [1.29, 1.82) is 0 Å². The fraction of sp³-hybridized carbons (Fsp3) is 0.478. The Bertz CT molecular complexity index is 683. The predicted molar refractivity (Wildman–Crippen MR) is 124 cm³/mol. The first-order valence-electron chi connectivity index (χ1n) is 10.4. The lowest BCUT2D eigenvalue weighted by molar-refractivity contribution is 0.161. The van der Waals surface area contributed by atoms with E-state index in [4.69, 9.17) is 0 Å². The van der Waals surface area contributed by atoms with Gasteiger partial charge in [-0.3, -0.25) is 9.80 Å². The van der Waals surface area contributed by atoms with Crippen LogP contribution >= 0.6 is 23.5 Å². The van der Waals surface area contributed by atoms with Crippen LogP contribution < -0.4 is 0 Å². The van der Waals surface area contributed by atoms with Crippen LogP contribution in [0.5, 0.6) is 0 Å². The van der Waals surface area contributed by atoms with Crippen LogP contribution in [0.3, 0.4) is 0 Å². The van der Waals surface area contributed by atoms with Crippen LogP contribution in [0, 0.1) is 0 Å². The molecule has 4 nitrogen and oxygen atoms in total. The van der Waals surface area contributed by atoms with E-state index in [1.54, 1.807) is 0 Å². The summed E-state index contributed by atoms with van der Waals surface area (Å²) >= 11 is 3.86. The van der Waals surface area contributed by atoms with Gasteiger partial charge in [-0.15, -0.1) is 23.5 Å². The minimum absolute atomic E-state index is 0.180. The molecule has 0 atom stereocenters. The molecule has 0 saturated heterocycles. The molecule has 2 N–H and O–H groups in total. The molecule has 1 aliphatic rings. The van der Waals surface area contributed by atoms with Crippen molar-refractivity contribution < 1.29 is 10.2 Å². The molecule has 1 aliphatic heterocycles. The maximum atomic E-state index is 9.53. The highest BCUT2D eigenvalue weighted by atomic mass is 32.2. The number of nitrogens with zero attached hydrogens (tertiary/aromatic N) is 2. The summed E-state index contributed by atoms with van der Waals surface area (Å²) in [6, 6.07) is 17.3. The number of benzene rings is 2. The van der Waals surface area contributed by atoms with Crippen molar-refractivity contribution in [3.05, 3.63) is 59.7 Å². The van der Waals surface area contributed by atoms with Crippen molar-refractivity contribution in [2.24, 2.45) is 0 Å². The van der Waals surface area contributed by atoms with Crippen molar-refractivity contribution in [2.75, 3.05) is 50.9 Å². The molecule has 0 bridgehead atoms. The topological polar surface area (TPSA) is 46.9 Å². The number of aliphatic hydroxyl groups excluding tert-OH is 2. The highest BCUT2D eigenvalue weighted by Gasteiger charge is 2.13. The van der Waals surface area contributed by atoms with Crippen LogP contribution in [0.4, 0.5) is 0 Å². The minimum Gasteiger partial charge on any atom is -0.395 e. The predicted octanol–water partition coefficient (Wildman–Crippen LogP) is 3.56. The average Bonchev–Trinajstić information content (AvgIpc) is 2.73. The Hall–Kier alpha value is -1.02. The van der Waals surface area contributed by atoms with Gasteiger partial charge >= 0.3 is 0 Å². The molecule has 0 aliphatic carbocycles. The van der Waals surface area contributed by atoms with E-state index in [-0.39, 0.29) is 13.2 Å². The first kappa shape index (κ1) is 22.7. The van der Waals surface area contributed by atoms with E-state index in [2.05, 4.69) is 58.3 Å². The number of thioether (sulfide) groups is 2. The van der Waals surface area contributed by atoms with E-state index in [0.717, 1.165) is 44.1 Å². The lowest BCUT2D eigenvalue weighted by Crippen LogP contribution is -2.33. The van der Waals surface area contributed by atoms with Gasteiger partial charge in [-0.05, 0) is 42.8 Å². The number of rotatable bonds is 4. The van der Waals surface area contributed by atoms with Crippen LogP contribution in [0.2, 0.25) is 0 Å². The molecule has 0 spiro atoms. The summed E-state index contributed by atoms with van der Waals surface area (Å²) in [4.78, 5) is 7.39. The Labute approximate surface area is 183 Å². The van der Waals surface area contributed by atoms with Crippen LogP contribution in [0.1, 0.15) is 17.5 Å². The molecule has 2 aromatic rings.